The third-order valence-electron chi connectivity index (χ3n) is 4.54. The zero-order chi connectivity index (χ0) is 19.7. The highest BCUT2D eigenvalue weighted by Crippen LogP contribution is 2.20. The summed E-state index contributed by atoms with van der Waals surface area (Å²) >= 11 is 8.90. The number of hydrogen-bond acceptors (Lipinski definition) is 4. The van der Waals surface area contributed by atoms with E-state index in [1.54, 1.807) is 6.20 Å². The predicted molar refractivity (Wildman–Crippen MR) is 113 cm³/mol. The molecule has 0 aliphatic heterocycles. The van der Waals surface area contributed by atoms with Crippen molar-refractivity contribution >= 4 is 28.1 Å². The molecule has 0 amide bonds. The molecule has 1 atom stereocenters. The minimum Gasteiger partial charge on any atom is -0.271 e. The average molecular weight is 458 g/mol. The summed E-state index contributed by atoms with van der Waals surface area (Å²) in [6, 6.07) is 8.46. The molecule has 0 saturated carbocycles. The fourth-order valence-electron chi connectivity index (χ4n) is 3.12. The lowest BCUT2D eigenvalue weighted by molar-refractivity contribution is 0.518. The molecule has 1 aromatic carbocycles. The number of nitrogens with zero attached hydrogens (tertiary/aromatic N) is 6. The van der Waals surface area contributed by atoms with Crippen LogP contribution in [0.25, 0.3) is 5.69 Å². The van der Waals surface area contributed by atoms with Gasteiger partial charge >= 0.3 is 0 Å². The lowest BCUT2D eigenvalue weighted by Crippen LogP contribution is -2.12. The summed E-state index contributed by atoms with van der Waals surface area (Å²) in [5, 5.41) is 16.2. The second-order valence-corrected chi connectivity index (χ2v) is 8.19. The molecule has 0 aliphatic rings. The van der Waals surface area contributed by atoms with Gasteiger partial charge in [0.15, 0.2) is 4.77 Å². The van der Waals surface area contributed by atoms with Gasteiger partial charge in [-0.05, 0) is 40.6 Å². The number of aromatic amines is 1. The first-order chi connectivity index (χ1) is 13.5. The Kier molecular flexibility index (Phi) is 5.27. The molecule has 1 N–H and O–H groups in total. The van der Waals surface area contributed by atoms with E-state index in [2.05, 4.69) is 74.4 Å². The third kappa shape index (κ3) is 4.00. The zero-order valence-electron chi connectivity index (χ0n) is 15.6. The molecule has 0 spiro atoms. The number of rotatable bonds is 6. The van der Waals surface area contributed by atoms with Crippen LogP contribution in [0.1, 0.15) is 29.8 Å². The summed E-state index contributed by atoms with van der Waals surface area (Å²) in [4.78, 5) is 0. The van der Waals surface area contributed by atoms with Gasteiger partial charge in [-0.2, -0.15) is 15.3 Å². The number of halogens is 1. The van der Waals surface area contributed by atoms with E-state index < -0.39 is 0 Å². The molecular weight excluding hydrogens is 438 g/mol. The van der Waals surface area contributed by atoms with E-state index in [1.165, 1.54) is 11.1 Å². The molecule has 3 aromatic heterocycles. The number of nitrogens with one attached hydrogen (secondary N) is 1. The van der Waals surface area contributed by atoms with Crippen LogP contribution in [-0.4, -0.2) is 34.3 Å². The Morgan fingerprint density at radius 3 is 2.57 bits per heavy atom. The van der Waals surface area contributed by atoms with Crippen LogP contribution in [-0.2, 0) is 13.1 Å². The maximum absolute atomic E-state index is 5.47. The summed E-state index contributed by atoms with van der Waals surface area (Å²) < 4.78 is 7.25. The standard InChI is InChI=1S/C19H20BrN7S/c1-13-3-5-15(6-4-13)10-26-12-17(8-22-26)27-18(23-24-19(27)28)14(2)9-25-11-16(20)7-21-25/h3-8,11-12,14H,9-10H2,1-2H3,(H,24,28)/t14-/m1/s1. The van der Waals surface area contributed by atoms with Gasteiger partial charge < -0.3 is 0 Å². The van der Waals surface area contributed by atoms with E-state index >= 15 is 0 Å². The van der Waals surface area contributed by atoms with Crippen molar-refractivity contribution in [2.75, 3.05) is 0 Å². The van der Waals surface area contributed by atoms with Crippen LogP contribution in [0.15, 0.2) is 53.5 Å². The van der Waals surface area contributed by atoms with Gasteiger partial charge in [-0.3, -0.25) is 19.0 Å². The van der Waals surface area contributed by atoms with E-state index in [0.717, 1.165) is 16.0 Å². The maximum atomic E-state index is 5.47. The van der Waals surface area contributed by atoms with Crippen LogP contribution < -0.4 is 0 Å². The van der Waals surface area contributed by atoms with Crippen molar-refractivity contribution in [1.82, 2.24) is 34.3 Å². The molecular formula is C19H20BrN7S. The predicted octanol–water partition coefficient (Wildman–Crippen LogP) is 4.25. The second-order valence-electron chi connectivity index (χ2n) is 6.89. The lowest BCUT2D eigenvalue weighted by Gasteiger charge is -2.12. The second kappa shape index (κ2) is 7.84. The Balaban J connectivity index is 1.58. The number of aryl methyl sites for hydroxylation is 1. The highest BCUT2D eigenvalue weighted by Gasteiger charge is 2.17. The Hall–Kier alpha value is -2.52. The fourth-order valence-corrected chi connectivity index (χ4v) is 3.70. The number of H-pyrrole nitrogens is 1. The van der Waals surface area contributed by atoms with Gasteiger partial charge in [-0.1, -0.05) is 36.8 Å². The molecule has 3 heterocycles. The van der Waals surface area contributed by atoms with E-state index in [4.69, 9.17) is 12.2 Å². The van der Waals surface area contributed by atoms with Crippen molar-refractivity contribution in [2.24, 2.45) is 0 Å². The van der Waals surface area contributed by atoms with E-state index in [1.807, 2.05) is 32.5 Å². The quantitative estimate of drug-likeness (QED) is 0.439. The van der Waals surface area contributed by atoms with Crippen molar-refractivity contribution < 1.29 is 0 Å². The molecule has 0 unspecified atom stereocenters. The van der Waals surface area contributed by atoms with E-state index in [9.17, 15) is 0 Å². The van der Waals surface area contributed by atoms with E-state index in [0.29, 0.717) is 17.9 Å². The fraction of sp³-hybridized carbons (Fsp3) is 0.263. The molecule has 4 aromatic rings. The SMILES string of the molecule is Cc1ccc(Cn2cc(-n3c([C@H](C)Cn4cc(Br)cn4)n[nH]c3=S)cn2)cc1. The molecule has 0 bridgehead atoms. The molecule has 144 valence electrons. The summed E-state index contributed by atoms with van der Waals surface area (Å²) in [6.07, 6.45) is 7.53. The Labute approximate surface area is 176 Å². The molecule has 0 aliphatic carbocycles. The minimum absolute atomic E-state index is 0.111. The zero-order valence-corrected chi connectivity index (χ0v) is 18.0. The summed E-state index contributed by atoms with van der Waals surface area (Å²) in [7, 11) is 0. The van der Waals surface area contributed by atoms with Crippen LogP contribution in [0.2, 0.25) is 0 Å². The summed E-state index contributed by atoms with van der Waals surface area (Å²) in [6.45, 7) is 5.59. The smallest absolute Gasteiger partial charge is 0.199 e. The topological polar surface area (TPSA) is 69.2 Å². The Morgan fingerprint density at radius 2 is 1.86 bits per heavy atom. The minimum atomic E-state index is 0.111. The molecule has 0 radical (unpaired) electrons. The van der Waals surface area contributed by atoms with Crippen molar-refractivity contribution in [3.8, 4) is 5.69 Å². The number of benzene rings is 1. The van der Waals surface area contributed by atoms with Gasteiger partial charge in [0, 0.05) is 18.3 Å². The Bertz CT molecular complexity index is 1140. The van der Waals surface area contributed by atoms with Gasteiger partial charge in [-0.15, -0.1) is 0 Å². The lowest BCUT2D eigenvalue weighted by atomic mass is 10.1. The summed E-state index contributed by atoms with van der Waals surface area (Å²) in [5.41, 5.74) is 3.35. The van der Waals surface area contributed by atoms with Crippen LogP contribution in [0.4, 0.5) is 0 Å². The monoisotopic (exact) mass is 457 g/mol. The van der Waals surface area contributed by atoms with Gasteiger partial charge in [0.05, 0.1) is 35.6 Å². The van der Waals surface area contributed by atoms with Gasteiger partial charge in [0.2, 0.25) is 0 Å². The average Bonchev–Trinajstić information content (AvgIpc) is 3.37. The van der Waals surface area contributed by atoms with Gasteiger partial charge in [0.25, 0.3) is 0 Å². The van der Waals surface area contributed by atoms with Crippen LogP contribution in [0.5, 0.6) is 0 Å². The van der Waals surface area contributed by atoms with Crippen molar-refractivity contribution in [3.63, 3.8) is 0 Å². The van der Waals surface area contributed by atoms with Crippen LogP contribution in [0, 0.1) is 11.7 Å². The number of aromatic nitrogens is 7. The van der Waals surface area contributed by atoms with Gasteiger partial charge in [0.1, 0.15) is 5.82 Å². The van der Waals surface area contributed by atoms with Gasteiger partial charge in [-0.25, -0.2) is 0 Å². The highest BCUT2D eigenvalue weighted by molar-refractivity contribution is 9.10. The maximum Gasteiger partial charge on any atom is 0.199 e. The molecule has 4 rings (SSSR count). The first kappa shape index (κ1) is 18.8. The first-order valence-corrected chi connectivity index (χ1v) is 10.1. The largest absolute Gasteiger partial charge is 0.271 e. The summed E-state index contributed by atoms with van der Waals surface area (Å²) in [5.74, 6) is 0.965. The highest BCUT2D eigenvalue weighted by atomic mass is 79.9. The molecule has 9 heteroatoms. The van der Waals surface area contributed by atoms with Crippen LogP contribution in [0.3, 0.4) is 0 Å². The molecule has 7 nitrogen and oxygen atoms in total. The Morgan fingerprint density at radius 1 is 1.11 bits per heavy atom. The van der Waals surface area contributed by atoms with E-state index in [-0.39, 0.29) is 5.92 Å². The molecule has 28 heavy (non-hydrogen) atoms. The molecule has 0 fully saturated rings. The van der Waals surface area contributed by atoms with Crippen molar-refractivity contribution in [2.45, 2.75) is 32.9 Å². The number of hydrogen-bond donors (Lipinski definition) is 1. The molecule has 0 saturated heterocycles. The van der Waals surface area contributed by atoms with Crippen LogP contribution >= 0.6 is 28.1 Å². The third-order valence-corrected chi connectivity index (χ3v) is 5.23. The van der Waals surface area contributed by atoms with Crippen molar-refractivity contribution in [1.29, 1.82) is 0 Å². The first-order valence-electron chi connectivity index (χ1n) is 8.93. The normalized spacial score (nSPS) is 12.4. The van der Waals surface area contributed by atoms with Crippen molar-refractivity contribution in [3.05, 3.63) is 75.2 Å².